The number of nitrogens with zero attached hydrogens (tertiary/aromatic N) is 1. The molecule has 1 aromatic carbocycles. The van der Waals surface area contributed by atoms with E-state index in [1.807, 2.05) is 24.3 Å². The molecule has 0 saturated carbocycles. The van der Waals surface area contributed by atoms with Gasteiger partial charge < -0.3 is 0 Å². The van der Waals surface area contributed by atoms with Gasteiger partial charge in [-0.25, -0.2) is 0 Å². The standard InChI is InChI=1S/C11H12ClNS/c12-10-6-2-3-7-11(10)14-9-5-1-4-8-13/h2-3,6-7H,1,4-5,9H2. The summed E-state index contributed by atoms with van der Waals surface area (Å²) < 4.78 is 0. The van der Waals surface area contributed by atoms with Crippen LogP contribution in [0.2, 0.25) is 5.02 Å². The van der Waals surface area contributed by atoms with Crippen LogP contribution in [0.4, 0.5) is 0 Å². The maximum absolute atomic E-state index is 8.35. The number of benzene rings is 1. The second-order valence-corrected chi connectivity index (χ2v) is 4.44. The van der Waals surface area contributed by atoms with Crippen molar-refractivity contribution in [3.8, 4) is 6.07 Å². The van der Waals surface area contributed by atoms with Crippen LogP contribution in [-0.4, -0.2) is 5.75 Å². The Kier molecular flexibility index (Phi) is 5.51. The van der Waals surface area contributed by atoms with Crippen LogP contribution in [0.3, 0.4) is 0 Å². The number of thioether (sulfide) groups is 1. The number of halogens is 1. The Morgan fingerprint density at radius 1 is 1.29 bits per heavy atom. The molecule has 0 radical (unpaired) electrons. The summed E-state index contributed by atoms with van der Waals surface area (Å²) in [6, 6.07) is 9.99. The highest BCUT2D eigenvalue weighted by Gasteiger charge is 1.98. The van der Waals surface area contributed by atoms with E-state index in [1.165, 1.54) is 0 Å². The van der Waals surface area contributed by atoms with Crippen molar-refractivity contribution in [2.24, 2.45) is 0 Å². The minimum Gasteiger partial charge on any atom is -0.198 e. The van der Waals surface area contributed by atoms with E-state index in [-0.39, 0.29) is 0 Å². The van der Waals surface area contributed by atoms with Crippen LogP contribution in [0.1, 0.15) is 19.3 Å². The zero-order chi connectivity index (χ0) is 10.2. The Bertz CT molecular complexity index is 319. The normalized spacial score (nSPS) is 9.71. The van der Waals surface area contributed by atoms with Gasteiger partial charge in [0.25, 0.3) is 0 Å². The van der Waals surface area contributed by atoms with Gasteiger partial charge in [-0.1, -0.05) is 23.7 Å². The summed E-state index contributed by atoms with van der Waals surface area (Å²) in [4.78, 5) is 1.13. The summed E-state index contributed by atoms with van der Waals surface area (Å²) in [5, 5.41) is 9.17. The molecule has 0 aromatic heterocycles. The molecule has 0 atom stereocenters. The largest absolute Gasteiger partial charge is 0.198 e. The number of unbranched alkanes of at least 4 members (excludes halogenated alkanes) is 2. The van der Waals surface area contributed by atoms with Gasteiger partial charge in [0.05, 0.1) is 11.1 Å². The van der Waals surface area contributed by atoms with Gasteiger partial charge in [0.2, 0.25) is 0 Å². The molecule has 0 N–H and O–H groups in total. The van der Waals surface area contributed by atoms with E-state index < -0.39 is 0 Å². The molecule has 3 heteroatoms. The molecule has 74 valence electrons. The van der Waals surface area contributed by atoms with Crippen molar-refractivity contribution in [2.45, 2.75) is 24.2 Å². The molecule has 14 heavy (non-hydrogen) atoms. The number of nitriles is 1. The highest BCUT2D eigenvalue weighted by Crippen LogP contribution is 2.27. The molecule has 1 nitrogen and oxygen atoms in total. The zero-order valence-corrected chi connectivity index (χ0v) is 9.44. The monoisotopic (exact) mass is 225 g/mol. The zero-order valence-electron chi connectivity index (χ0n) is 7.87. The second kappa shape index (κ2) is 6.75. The van der Waals surface area contributed by atoms with Crippen LogP contribution < -0.4 is 0 Å². The van der Waals surface area contributed by atoms with Crippen LogP contribution in [-0.2, 0) is 0 Å². The molecule has 0 saturated heterocycles. The Balaban J connectivity index is 2.25. The first-order valence-electron chi connectivity index (χ1n) is 4.59. The van der Waals surface area contributed by atoms with Crippen molar-refractivity contribution in [3.63, 3.8) is 0 Å². The Hall–Kier alpha value is -0.650. The van der Waals surface area contributed by atoms with Crippen molar-refractivity contribution < 1.29 is 0 Å². The summed E-state index contributed by atoms with van der Waals surface area (Å²) in [5.74, 6) is 1.03. The molecule has 0 unspecified atom stereocenters. The van der Waals surface area contributed by atoms with Crippen molar-refractivity contribution in [1.29, 1.82) is 5.26 Å². The van der Waals surface area contributed by atoms with Gasteiger partial charge in [0, 0.05) is 11.3 Å². The van der Waals surface area contributed by atoms with Gasteiger partial charge in [0.15, 0.2) is 0 Å². The Labute approximate surface area is 94.1 Å². The minimum absolute atomic E-state index is 0.656. The molecule has 0 fully saturated rings. The van der Waals surface area contributed by atoms with Gasteiger partial charge >= 0.3 is 0 Å². The molecule has 0 amide bonds. The van der Waals surface area contributed by atoms with E-state index >= 15 is 0 Å². The van der Waals surface area contributed by atoms with Crippen LogP contribution >= 0.6 is 23.4 Å². The highest BCUT2D eigenvalue weighted by molar-refractivity contribution is 7.99. The predicted octanol–water partition coefficient (Wildman–Crippen LogP) is 4.13. The molecule has 0 aliphatic carbocycles. The Morgan fingerprint density at radius 3 is 2.79 bits per heavy atom. The molecule has 0 aliphatic rings. The van der Waals surface area contributed by atoms with E-state index in [4.69, 9.17) is 16.9 Å². The second-order valence-electron chi connectivity index (χ2n) is 2.89. The lowest BCUT2D eigenvalue weighted by Crippen LogP contribution is -1.81. The fraction of sp³-hybridized carbons (Fsp3) is 0.364. The first kappa shape index (κ1) is 11.4. The van der Waals surface area contributed by atoms with Crippen molar-refractivity contribution in [1.82, 2.24) is 0 Å². The molecule has 0 spiro atoms. The van der Waals surface area contributed by atoms with Crippen LogP contribution in [0.15, 0.2) is 29.2 Å². The maximum Gasteiger partial charge on any atom is 0.0621 e. The first-order chi connectivity index (χ1) is 6.84. The van der Waals surface area contributed by atoms with Gasteiger partial charge in [-0.2, -0.15) is 5.26 Å². The van der Waals surface area contributed by atoms with E-state index in [0.717, 1.165) is 28.5 Å². The van der Waals surface area contributed by atoms with Gasteiger partial charge in [0.1, 0.15) is 0 Å². The third kappa shape index (κ3) is 4.04. The minimum atomic E-state index is 0.656. The third-order valence-electron chi connectivity index (χ3n) is 1.78. The SMILES string of the molecule is N#CCCCCSc1ccccc1Cl. The van der Waals surface area contributed by atoms with Crippen molar-refractivity contribution in [3.05, 3.63) is 29.3 Å². The first-order valence-corrected chi connectivity index (χ1v) is 5.95. The molecular weight excluding hydrogens is 214 g/mol. The molecule has 0 heterocycles. The number of hydrogen-bond acceptors (Lipinski definition) is 2. The maximum atomic E-state index is 8.35. The lowest BCUT2D eigenvalue weighted by molar-refractivity contribution is 0.830. The fourth-order valence-electron chi connectivity index (χ4n) is 1.05. The van der Waals surface area contributed by atoms with Crippen LogP contribution in [0.5, 0.6) is 0 Å². The third-order valence-corrected chi connectivity index (χ3v) is 3.38. The molecule has 0 aliphatic heterocycles. The van der Waals surface area contributed by atoms with E-state index in [9.17, 15) is 0 Å². The fourth-order valence-corrected chi connectivity index (χ4v) is 2.30. The molecular formula is C11H12ClNS. The Morgan fingerprint density at radius 2 is 2.07 bits per heavy atom. The molecule has 1 rings (SSSR count). The lowest BCUT2D eigenvalue weighted by Gasteiger charge is -2.02. The van der Waals surface area contributed by atoms with Crippen LogP contribution in [0.25, 0.3) is 0 Å². The number of rotatable bonds is 5. The summed E-state index contributed by atoms with van der Waals surface area (Å²) in [6.45, 7) is 0. The lowest BCUT2D eigenvalue weighted by atomic mass is 10.3. The quantitative estimate of drug-likeness (QED) is 0.556. The van der Waals surface area contributed by atoms with Gasteiger partial charge in [-0.3, -0.25) is 0 Å². The summed E-state index contributed by atoms with van der Waals surface area (Å²) in [7, 11) is 0. The average molecular weight is 226 g/mol. The summed E-state index contributed by atoms with van der Waals surface area (Å²) in [5.41, 5.74) is 0. The van der Waals surface area contributed by atoms with Crippen LogP contribution in [0, 0.1) is 11.3 Å². The topological polar surface area (TPSA) is 23.8 Å². The average Bonchev–Trinajstić information content (AvgIpc) is 2.20. The van der Waals surface area contributed by atoms with E-state index in [1.54, 1.807) is 11.8 Å². The number of hydrogen-bond donors (Lipinski definition) is 0. The predicted molar refractivity (Wildman–Crippen MR) is 61.6 cm³/mol. The summed E-state index contributed by atoms with van der Waals surface area (Å²) >= 11 is 7.75. The highest BCUT2D eigenvalue weighted by atomic mass is 35.5. The van der Waals surface area contributed by atoms with Crippen molar-refractivity contribution in [2.75, 3.05) is 5.75 Å². The van der Waals surface area contributed by atoms with Crippen molar-refractivity contribution >= 4 is 23.4 Å². The van der Waals surface area contributed by atoms with E-state index in [2.05, 4.69) is 6.07 Å². The summed E-state index contributed by atoms with van der Waals surface area (Å²) in [6.07, 6.45) is 2.71. The van der Waals surface area contributed by atoms with Gasteiger partial charge in [-0.15, -0.1) is 11.8 Å². The van der Waals surface area contributed by atoms with Gasteiger partial charge in [-0.05, 0) is 30.7 Å². The van der Waals surface area contributed by atoms with E-state index in [0.29, 0.717) is 6.42 Å². The molecule has 1 aromatic rings. The molecule has 0 bridgehead atoms. The smallest absolute Gasteiger partial charge is 0.0621 e.